The lowest BCUT2D eigenvalue weighted by molar-refractivity contribution is 0.140. The summed E-state index contributed by atoms with van der Waals surface area (Å²) in [5.41, 5.74) is 0. The minimum atomic E-state index is -4.16. The molecule has 0 amide bonds. The van der Waals surface area contributed by atoms with Gasteiger partial charge in [-0.2, -0.15) is 8.42 Å². The van der Waals surface area contributed by atoms with Gasteiger partial charge in [0.1, 0.15) is 0 Å². The number of likely N-dealkylation sites (N-methyl/N-ethyl adjacent to an activating group) is 1. The first-order chi connectivity index (χ1) is 23.9. The van der Waals surface area contributed by atoms with Crippen LogP contribution in [0.25, 0.3) is 0 Å². The van der Waals surface area contributed by atoms with E-state index in [-0.39, 0.29) is 0 Å². The van der Waals surface area contributed by atoms with Crippen molar-refractivity contribution >= 4 is 10.4 Å². The zero-order valence-electron chi connectivity index (χ0n) is 33.7. The molecule has 0 radical (unpaired) electrons. The van der Waals surface area contributed by atoms with E-state index in [0.29, 0.717) is 12.6 Å². The highest BCUT2D eigenvalue weighted by Crippen LogP contribution is 2.20. The summed E-state index contributed by atoms with van der Waals surface area (Å²) >= 11 is 0. The van der Waals surface area contributed by atoms with Crippen LogP contribution in [0.15, 0.2) is 0 Å². The standard InChI is InChI=1S/C41H85NO.CH4O4S/c1-4-7-9-11-13-15-17-19-21-23-25-27-29-31-33-35-37-41(42(6-3)39-40-43)38-36-34-32-30-28-26-24-22-20-18-16-14-12-10-8-5-2;1-5-6(2,3)4/h41,43H,4-40H2,1-3H3;1H3,(H,2,3,4). The summed E-state index contributed by atoms with van der Waals surface area (Å²) in [7, 11) is -3.29. The second-order valence-corrected chi connectivity index (χ2v) is 16.0. The summed E-state index contributed by atoms with van der Waals surface area (Å²) in [5, 5.41) is 9.60. The number of aliphatic hydroxyl groups excluding tert-OH is 1. The van der Waals surface area contributed by atoms with Crippen molar-refractivity contribution in [2.45, 2.75) is 245 Å². The van der Waals surface area contributed by atoms with E-state index in [1.807, 2.05) is 0 Å². The number of rotatable bonds is 39. The number of unbranched alkanes of at least 4 members (excludes halogenated alkanes) is 30. The molecule has 0 aliphatic carbocycles. The Morgan fingerprint density at radius 3 is 0.878 bits per heavy atom. The fourth-order valence-electron chi connectivity index (χ4n) is 7.09. The second kappa shape index (κ2) is 42.2. The van der Waals surface area contributed by atoms with Crippen LogP contribution in [0.2, 0.25) is 0 Å². The molecule has 0 aliphatic heterocycles. The van der Waals surface area contributed by atoms with E-state index in [1.54, 1.807) is 0 Å². The van der Waals surface area contributed by atoms with Crippen molar-refractivity contribution in [1.29, 1.82) is 0 Å². The molecule has 0 saturated heterocycles. The molecular weight excluding hydrogens is 631 g/mol. The third-order valence-corrected chi connectivity index (χ3v) is 10.7. The Labute approximate surface area is 308 Å². The van der Waals surface area contributed by atoms with Gasteiger partial charge in [-0.15, -0.1) is 0 Å². The van der Waals surface area contributed by atoms with E-state index in [0.717, 1.165) is 20.2 Å². The first kappa shape index (κ1) is 50.9. The van der Waals surface area contributed by atoms with Crippen LogP contribution in [-0.2, 0) is 14.6 Å². The smallest absolute Gasteiger partial charge is 0.395 e. The summed E-state index contributed by atoms with van der Waals surface area (Å²) in [6, 6.07) is 0.690. The SMILES string of the molecule is CCCCCCCCCCCCCCCCCCC(CCCCCCCCCCCCCCCCCC)N(CC)CCO.COS(=O)(=O)O. The van der Waals surface area contributed by atoms with Crippen molar-refractivity contribution in [2.24, 2.45) is 0 Å². The summed E-state index contributed by atoms with van der Waals surface area (Å²) in [6.07, 6.45) is 48.8. The summed E-state index contributed by atoms with van der Waals surface area (Å²) in [6.45, 7) is 9.15. The van der Waals surface area contributed by atoms with Crippen LogP contribution in [0.1, 0.15) is 239 Å². The molecule has 0 aliphatic rings. The van der Waals surface area contributed by atoms with Crippen LogP contribution in [0.5, 0.6) is 0 Å². The third kappa shape index (κ3) is 43.9. The van der Waals surface area contributed by atoms with Crippen molar-refractivity contribution < 1.29 is 22.3 Å². The van der Waals surface area contributed by atoms with Crippen LogP contribution in [0.3, 0.4) is 0 Å². The van der Waals surface area contributed by atoms with Gasteiger partial charge >= 0.3 is 10.4 Å². The molecule has 0 unspecified atom stereocenters. The van der Waals surface area contributed by atoms with Gasteiger partial charge in [0, 0.05) is 12.6 Å². The Morgan fingerprint density at radius 2 is 0.694 bits per heavy atom. The van der Waals surface area contributed by atoms with E-state index in [1.165, 1.54) is 218 Å². The summed E-state index contributed by atoms with van der Waals surface area (Å²) in [5.74, 6) is 0. The normalized spacial score (nSPS) is 11.8. The average molecular weight is 720 g/mol. The minimum absolute atomic E-state index is 0.308. The molecule has 0 heterocycles. The Bertz CT molecular complexity index is 669. The molecule has 0 atom stereocenters. The fraction of sp³-hybridized carbons (Fsp3) is 1.00. The molecule has 0 aromatic rings. The molecule has 0 rings (SSSR count). The van der Waals surface area contributed by atoms with Crippen molar-refractivity contribution in [3.8, 4) is 0 Å². The Hall–Kier alpha value is -0.210. The summed E-state index contributed by atoms with van der Waals surface area (Å²) < 4.78 is 29.7. The maximum Gasteiger partial charge on any atom is 0.397 e. The van der Waals surface area contributed by atoms with Crippen LogP contribution >= 0.6 is 0 Å². The van der Waals surface area contributed by atoms with E-state index < -0.39 is 10.4 Å². The van der Waals surface area contributed by atoms with Gasteiger partial charge in [0.2, 0.25) is 0 Å². The van der Waals surface area contributed by atoms with E-state index in [2.05, 4.69) is 29.9 Å². The lowest BCUT2D eigenvalue weighted by Gasteiger charge is -2.30. The van der Waals surface area contributed by atoms with Crippen LogP contribution < -0.4 is 0 Å². The second-order valence-electron chi connectivity index (χ2n) is 14.8. The molecule has 2 N–H and O–H groups in total. The van der Waals surface area contributed by atoms with Crippen molar-refractivity contribution in [3.05, 3.63) is 0 Å². The third-order valence-electron chi connectivity index (χ3n) is 10.3. The van der Waals surface area contributed by atoms with E-state index in [4.69, 9.17) is 4.55 Å². The monoisotopic (exact) mass is 720 g/mol. The van der Waals surface area contributed by atoms with Gasteiger partial charge in [0.15, 0.2) is 0 Å². The largest absolute Gasteiger partial charge is 0.397 e. The molecule has 0 bridgehead atoms. The van der Waals surface area contributed by atoms with Crippen LogP contribution in [0, 0.1) is 0 Å². The van der Waals surface area contributed by atoms with Crippen molar-refractivity contribution in [3.63, 3.8) is 0 Å². The molecule has 7 heteroatoms. The Balaban J connectivity index is 0. The summed E-state index contributed by atoms with van der Waals surface area (Å²) in [4.78, 5) is 2.57. The first-order valence-electron chi connectivity index (χ1n) is 21.7. The molecule has 0 aromatic heterocycles. The first-order valence-corrected chi connectivity index (χ1v) is 23.1. The lowest BCUT2D eigenvalue weighted by atomic mass is 9.98. The Kier molecular flexibility index (Phi) is 43.8. The highest BCUT2D eigenvalue weighted by molar-refractivity contribution is 7.80. The van der Waals surface area contributed by atoms with Gasteiger partial charge < -0.3 is 5.11 Å². The van der Waals surface area contributed by atoms with Gasteiger partial charge in [-0.05, 0) is 19.4 Å². The van der Waals surface area contributed by atoms with Crippen LogP contribution in [-0.4, -0.2) is 55.8 Å². The lowest BCUT2D eigenvalue weighted by Crippen LogP contribution is -2.37. The topological polar surface area (TPSA) is 87.1 Å². The Morgan fingerprint density at radius 1 is 0.469 bits per heavy atom. The van der Waals surface area contributed by atoms with E-state index in [9.17, 15) is 13.5 Å². The van der Waals surface area contributed by atoms with Gasteiger partial charge in [-0.3, -0.25) is 13.6 Å². The predicted molar refractivity (Wildman–Crippen MR) is 215 cm³/mol. The zero-order chi connectivity index (χ0) is 36.5. The molecular formula is C42H89NO5S. The minimum Gasteiger partial charge on any atom is -0.395 e. The maximum atomic E-state index is 9.60. The quantitative estimate of drug-likeness (QED) is 0.0486. The zero-order valence-corrected chi connectivity index (χ0v) is 34.5. The molecule has 298 valence electrons. The molecule has 0 aromatic carbocycles. The van der Waals surface area contributed by atoms with Gasteiger partial charge in [0.05, 0.1) is 13.7 Å². The maximum absolute atomic E-state index is 9.60. The van der Waals surface area contributed by atoms with Gasteiger partial charge in [-0.1, -0.05) is 226 Å². The molecule has 6 nitrogen and oxygen atoms in total. The highest BCUT2D eigenvalue weighted by Gasteiger charge is 2.16. The molecule has 0 fully saturated rings. The van der Waals surface area contributed by atoms with Crippen molar-refractivity contribution in [2.75, 3.05) is 26.8 Å². The van der Waals surface area contributed by atoms with E-state index >= 15 is 0 Å². The van der Waals surface area contributed by atoms with Gasteiger partial charge in [0.25, 0.3) is 0 Å². The number of hydrogen-bond donors (Lipinski definition) is 2. The highest BCUT2D eigenvalue weighted by atomic mass is 32.3. The molecule has 0 spiro atoms. The molecule has 49 heavy (non-hydrogen) atoms. The van der Waals surface area contributed by atoms with Crippen LogP contribution in [0.4, 0.5) is 0 Å². The molecule has 0 saturated carbocycles. The number of hydrogen-bond acceptors (Lipinski definition) is 5. The predicted octanol–water partition coefficient (Wildman–Crippen LogP) is 13.4. The average Bonchev–Trinajstić information content (AvgIpc) is 3.09. The fourth-order valence-corrected chi connectivity index (χ4v) is 7.09. The van der Waals surface area contributed by atoms with Crippen molar-refractivity contribution in [1.82, 2.24) is 4.90 Å². The van der Waals surface area contributed by atoms with Gasteiger partial charge in [-0.25, -0.2) is 0 Å². The number of aliphatic hydroxyl groups is 1. The number of nitrogens with zero attached hydrogens (tertiary/aromatic N) is 1.